The van der Waals surface area contributed by atoms with E-state index in [2.05, 4.69) is 23.8 Å². The second-order valence-electron chi connectivity index (χ2n) is 17.4. The summed E-state index contributed by atoms with van der Waals surface area (Å²) in [6, 6.07) is 5.56. The molecule has 0 saturated heterocycles. The largest absolute Gasteiger partial charge is 0.433 e. The van der Waals surface area contributed by atoms with Gasteiger partial charge in [0.15, 0.2) is 0 Å². The molecule has 2 aromatic rings. The Balaban J connectivity index is 0.000000204. The topological polar surface area (TPSA) is 25.8 Å². The first-order valence-electron chi connectivity index (χ1n) is 21.5. The summed E-state index contributed by atoms with van der Waals surface area (Å²) in [4.78, 5) is 7.29. The smallest absolute Gasteiger partial charge is 0.251 e. The maximum Gasteiger partial charge on any atom is 0.433 e. The van der Waals surface area contributed by atoms with Crippen molar-refractivity contribution in [3.8, 4) is 0 Å². The van der Waals surface area contributed by atoms with Crippen LogP contribution in [0, 0.1) is 35.5 Å². The van der Waals surface area contributed by atoms with Crippen molar-refractivity contribution in [1.82, 2.24) is 9.97 Å². The van der Waals surface area contributed by atoms with Gasteiger partial charge in [0.1, 0.15) is 11.4 Å². The van der Waals surface area contributed by atoms with Crippen LogP contribution in [0.15, 0.2) is 36.7 Å². The van der Waals surface area contributed by atoms with Crippen LogP contribution < -0.4 is 0 Å². The quantitative estimate of drug-likeness (QED) is 0.169. The summed E-state index contributed by atoms with van der Waals surface area (Å²) in [5, 5.41) is 0. The second kappa shape index (κ2) is 20.2. The fourth-order valence-electron chi connectivity index (χ4n) is 10.5. The summed E-state index contributed by atoms with van der Waals surface area (Å²) in [5.41, 5.74) is 0.409. The van der Waals surface area contributed by atoms with Gasteiger partial charge < -0.3 is 0 Å². The van der Waals surface area contributed by atoms with Gasteiger partial charge in [-0.25, -0.2) is 0 Å². The van der Waals surface area contributed by atoms with Crippen LogP contribution in [0.3, 0.4) is 0 Å². The maximum atomic E-state index is 12.7. The van der Waals surface area contributed by atoms with E-state index in [4.69, 9.17) is 0 Å². The molecule has 53 heavy (non-hydrogen) atoms. The third-order valence-corrected chi connectivity index (χ3v) is 13.9. The van der Waals surface area contributed by atoms with Crippen LogP contribution in [0.2, 0.25) is 0 Å². The van der Waals surface area contributed by atoms with E-state index in [1.165, 1.54) is 134 Å². The number of rotatable bonds is 11. The third-order valence-electron chi connectivity index (χ3n) is 13.9. The van der Waals surface area contributed by atoms with Gasteiger partial charge in [-0.3, -0.25) is 9.97 Å². The highest BCUT2D eigenvalue weighted by Gasteiger charge is 2.36. The molecule has 4 saturated carbocycles. The first-order chi connectivity index (χ1) is 25.4. The molecule has 2 aromatic heterocycles. The van der Waals surface area contributed by atoms with E-state index in [1.807, 2.05) is 0 Å². The van der Waals surface area contributed by atoms with Crippen molar-refractivity contribution in [3.63, 3.8) is 0 Å². The molecule has 298 valence electrons. The zero-order valence-corrected chi connectivity index (χ0v) is 32.5. The second-order valence-corrected chi connectivity index (χ2v) is 17.4. The number of halogens is 6. The van der Waals surface area contributed by atoms with Crippen LogP contribution >= 0.6 is 0 Å². The summed E-state index contributed by atoms with van der Waals surface area (Å²) < 4.78 is 76.0. The zero-order valence-electron chi connectivity index (χ0n) is 32.5. The molecule has 0 N–H and O–H groups in total. The molecular formula is C45H66F6N2. The SMILES string of the molecule is CCCCC[C@H]1CC[C@H](C2CCC(c3ccc(C(F)(F)F)nc3)CC2)CC1.CCCC[C@H]1CC[C@H](C2CCC(c3ccc(C(F)(F)F)nc3)CC2)CC1. The van der Waals surface area contributed by atoms with E-state index in [0.717, 1.165) is 84.5 Å². The van der Waals surface area contributed by atoms with E-state index in [1.54, 1.807) is 12.1 Å². The molecule has 4 fully saturated rings. The Morgan fingerprint density at radius 1 is 0.453 bits per heavy atom. The molecule has 0 spiro atoms. The fourth-order valence-corrected chi connectivity index (χ4v) is 10.5. The van der Waals surface area contributed by atoms with Crippen LogP contribution in [0.4, 0.5) is 26.3 Å². The summed E-state index contributed by atoms with van der Waals surface area (Å²) in [5.74, 6) is 6.14. The summed E-state index contributed by atoms with van der Waals surface area (Å²) >= 11 is 0. The third kappa shape index (κ3) is 12.7. The number of aromatic nitrogens is 2. The van der Waals surface area contributed by atoms with Gasteiger partial charge in [-0.2, -0.15) is 26.3 Å². The van der Waals surface area contributed by atoms with Gasteiger partial charge in [0, 0.05) is 12.4 Å². The van der Waals surface area contributed by atoms with Crippen LogP contribution in [-0.2, 0) is 12.4 Å². The van der Waals surface area contributed by atoms with E-state index >= 15 is 0 Å². The number of unbranched alkanes of at least 4 members (excludes halogenated alkanes) is 3. The van der Waals surface area contributed by atoms with E-state index in [9.17, 15) is 26.3 Å². The highest BCUT2D eigenvalue weighted by Crippen LogP contribution is 2.46. The molecule has 4 aliphatic carbocycles. The van der Waals surface area contributed by atoms with Crippen molar-refractivity contribution in [2.45, 2.75) is 186 Å². The van der Waals surface area contributed by atoms with Crippen LogP contribution in [0.5, 0.6) is 0 Å². The van der Waals surface area contributed by atoms with Gasteiger partial charge in [0.05, 0.1) is 0 Å². The molecule has 0 bridgehead atoms. The Labute approximate surface area is 316 Å². The predicted molar refractivity (Wildman–Crippen MR) is 202 cm³/mol. The lowest BCUT2D eigenvalue weighted by atomic mass is 9.68. The van der Waals surface area contributed by atoms with Gasteiger partial charge in [-0.15, -0.1) is 0 Å². The number of pyridine rings is 2. The molecule has 0 unspecified atom stereocenters. The average Bonchev–Trinajstić information content (AvgIpc) is 3.17. The molecule has 0 atom stereocenters. The van der Waals surface area contributed by atoms with Crippen LogP contribution in [0.25, 0.3) is 0 Å². The summed E-state index contributed by atoms with van der Waals surface area (Å²) in [6.07, 6.45) is 24.4. The molecular weight excluding hydrogens is 682 g/mol. The van der Waals surface area contributed by atoms with E-state index in [0.29, 0.717) is 11.8 Å². The Kier molecular flexibility index (Phi) is 16.0. The number of hydrogen-bond acceptors (Lipinski definition) is 2. The van der Waals surface area contributed by atoms with Crippen molar-refractivity contribution < 1.29 is 26.3 Å². The van der Waals surface area contributed by atoms with Crippen LogP contribution in [0.1, 0.15) is 196 Å². The zero-order chi connectivity index (χ0) is 37.8. The standard InChI is InChI=1S/C23H34F3N.C22H32F3N/c1-2-3-4-5-17-6-8-18(9-7-17)19-10-12-20(13-11-19)21-14-15-22(27-16-21)23(24,25)26;1-2-3-4-16-5-7-17(8-6-16)18-9-11-19(12-10-18)20-13-14-21(26-15-20)22(23,24)25/h14-20H,2-13H2,1H3;13-19H,2-12H2,1H3/t17-,18-,19?,20?;16-,17-,18?,19?. The molecule has 0 amide bonds. The lowest BCUT2D eigenvalue weighted by molar-refractivity contribution is -0.142. The van der Waals surface area contributed by atoms with Crippen molar-refractivity contribution in [2.75, 3.05) is 0 Å². The first kappa shape index (κ1) is 42.0. The van der Waals surface area contributed by atoms with Crippen molar-refractivity contribution in [2.24, 2.45) is 35.5 Å². The minimum Gasteiger partial charge on any atom is -0.251 e. The number of nitrogens with zero attached hydrogens (tertiary/aromatic N) is 2. The highest BCUT2D eigenvalue weighted by atomic mass is 19.4. The van der Waals surface area contributed by atoms with Gasteiger partial charge >= 0.3 is 12.4 Å². The summed E-state index contributed by atoms with van der Waals surface area (Å²) in [6.45, 7) is 4.55. The van der Waals surface area contributed by atoms with E-state index in [-0.39, 0.29) is 0 Å². The van der Waals surface area contributed by atoms with Gasteiger partial charge in [0.2, 0.25) is 0 Å². The Hall–Kier alpha value is -2.12. The highest BCUT2D eigenvalue weighted by molar-refractivity contribution is 5.21. The normalized spacial score (nSPS) is 30.0. The molecule has 0 aliphatic heterocycles. The minimum absolute atomic E-state index is 0.390. The summed E-state index contributed by atoms with van der Waals surface area (Å²) in [7, 11) is 0. The Morgan fingerprint density at radius 3 is 1.09 bits per heavy atom. The number of hydrogen-bond donors (Lipinski definition) is 0. The Morgan fingerprint density at radius 2 is 0.792 bits per heavy atom. The monoisotopic (exact) mass is 749 g/mol. The molecule has 2 heterocycles. The molecule has 6 rings (SSSR count). The van der Waals surface area contributed by atoms with Crippen molar-refractivity contribution in [3.05, 3.63) is 59.2 Å². The Bertz CT molecular complexity index is 1290. The molecule has 8 heteroatoms. The van der Waals surface area contributed by atoms with Crippen molar-refractivity contribution >= 4 is 0 Å². The lowest BCUT2D eigenvalue weighted by Gasteiger charge is -2.38. The van der Waals surface area contributed by atoms with Crippen LogP contribution in [-0.4, -0.2) is 9.97 Å². The number of alkyl halides is 6. The molecule has 0 radical (unpaired) electrons. The molecule has 0 aromatic carbocycles. The minimum atomic E-state index is -4.34. The lowest BCUT2D eigenvalue weighted by Crippen LogP contribution is -2.25. The van der Waals surface area contributed by atoms with Crippen molar-refractivity contribution in [1.29, 1.82) is 0 Å². The molecule has 4 aliphatic rings. The van der Waals surface area contributed by atoms with E-state index < -0.39 is 23.7 Å². The first-order valence-corrected chi connectivity index (χ1v) is 21.5. The average molecular weight is 749 g/mol. The predicted octanol–water partition coefficient (Wildman–Crippen LogP) is 15.1. The van der Waals surface area contributed by atoms with Gasteiger partial charge in [0.25, 0.3) is 0 Å². The van der Waals surface area contributed by atoms with Gasteiger partial charge in [-0.05, 0) is 148 Å². The maximum absolute atomic E-state index is 12.7. The van der Waals surface area contributed by atoms with Gasteiger partial charge in [-0.1, -0.05) is 96.6 Å². The molecule has 2 nitrogen and oxygen atoms in total. The fraction of sp³-hybridized carbons (Fsp3) is 0.778.